The summed E-state index contributed by atoms with van der Waals surface area (Å²) in [5, 5.41) is 0. The Labute approximate surface area is 105 Å². The number of benzene rings is 1. The zero-order chi connectivity index (χ0) is 12.9. The second-order valence-electron chi connectivity index (χ2n) is 3.68. The van der Waals surface area contributed by atoms with E-state index in [1.165, 1.54) is 18.4 Å². The summed E-state index contributed by atoms with van der Waals surface area (Å²) in [5.41, 5.74) is 7.50. The monoisotopic (exact) mass is 235 g/mol. The molecule has 2 heteroatoms. The number of hydrogen-bond acceptors (Lipinski definition) is 2. The van der Waals surface area contributed by atoms with Crippen molar-refractivity contribution in [3.63, 3.8) is 0 Å². The van der Waals surface area contributed by atoms with Gasteiger partial charge in [0.1, 0.15) is 0 Å². The summed E-state index contributed by atoms with van der Waals surface area (Å²) < 4.78 is 5.31. The van der Waals surface area contributed by atoms with Crippen LogP contribution in [-0.2, 0) is 11.3 Å². The Morgan fingerprint density at radius 3 is 2.47 bits per heavy atom. The first-order chi connectivity index (χ1) is 8.29. The Bertz CT molecular complexity index is 295. The van der Waals surface area contributed by atoms with Crippen molar-refractivity contribution in [1.82, 2.24) is 0 Å². The van der Waals surface area contributed by atoms with Crippen LogP contribution >= 0.6 is 0 Å². The fourth-order valence-electron chi connectivity index (χ4n) is 1.28. The fourth-order valence-corrected chi connectivity index (χ4v) is 1.28. The highest BCUT2D eigenvalue weighted by Crippen LogP contribution is 2.10. The zero-order valence-electron chi connectivity index (χ0n) is 11.1. The number of hydrogen-bond donors (Lipinski definition) is 1. The van der Waals surface area contributed by atoms with E-state index < -0.39 is 0 Å². The molecule has 1 aromatic carbocycles. The summed E-state index contributed by atoms with van der Waals surface area (Å²) in [6.45, 7) is 10.2. The van der Waals surface area contributed by atoms with Crippen LogP contribution in [0, 0.1) is 0 Å². The van der Waals surface area contributed by atoms with E-state index in [0.29, 0.717) is 6.61 Å². The van der Waals surface area contributed by atoms with Gasteiger partial charge in [0, 0.05) is 6.61 Å². The molecule has 1 rings (SSSR count). The van der Waals surface area contributed by atoms with Crippen molar-refractivity contribution in [3.8, 4) is 0 Å². The van der Waals surface area contributed by atoms with Crippen molar-refractivity contribution in [2.75, 3.05) is 13.2 Å². The molecule has 0 bridgehead atoms. The molecule has 2 N–H and O–H groups in total. The summed E-state index contributed by atoms with van der Waals surface area (Å²) in [7, 11) is 0. The number of unbranched alkanes of at least 4 members (excludes halogenated alkanes) is 1. The normalized spacial score (nSPS) is 9.35. The molecule has 0 aliphatic carbocycles. The third-order valence-corrected chi connectivity index (χ3v) is 2.29. The molecule has 0 saturated heterocycles. The van der Waals surface area contributed by atoms with Crippen LogP contribution in [0.4, 0.5) is 0 Å². The molecule has 0 fully saturated rings. The molecular weight excluding hydrogens is 210 g/mol. The number of ether oxygens (including phenoxy) is 1. The van der Waals surface area contributed by atoms with Crippen LogP contribution in [0.5, 0.6) is 0 Å². The summed E-state index contributed by atoms with van der Waals surface area (Å²) in [5.74, 6) is 0. The minimum absolute atomic E-state index is 0.679. The fraction of sp³-hybridized carbons (Fsp3) is 0.467. The summed E-state index contributed by atoms with van der Waals surface area (Å²) in [6.07, 6.45) is 4.24. The van der Waals surface area contributed by atoms with Crippen molar-refractivity contribution in [2.45, 2.75) is 33.3 Å². The van der Waals surface area contributed by atoms with Gasteiger partial charge in [-0.05, 0) is 31.0 Å². The lowest BCUT2D eigenvalue weighted by Gasteiger charge is -2.04. The average molecular weight is 235 g/mol. The van der Waals surface area contributed by atoms with Gasteiger partial charge in [-0.25, -0.2) is 0 Å². The van der Waals surface area contributed by atoms with Crippen molar-refractivity contribution in [1.29, 1.82) is 0 Å². The standard InChI is InChI=1S/C11H14O.C4H11N/c1-3-10-7-5-6-8-11(10)9-12-4-2;1-2-3-4-5/h3,5-8H,1,4,9H2,2H3;2-5H2,1H3. The summed E-state index contributed by atoms with van der Waals surface area (Å²) in [4.78, 5) is 0. The summed E-state index contributed by atoms with van der Waals surface area (Å²) in [6, 6.07) is 8.13. The van der Waals surface area contributed by atoms with Gasteiger partial charge in [0.15, 0.2) is 0 Å². The quantitative estimate of drug-likeness (QED) is 0.817. The molecule has 0 atom stereocenters. The largest absolute Gasteiger partial charge is 0.377 e. The first-order valence-corrected chi connectivity index (χ1v) is 6.28. The van der Waals surface area contributed by atoms with E-state index in [4.69, 9.17) is 10.5 Å². The van der Waals surface area contributed by atoms with Crippen LogP contribution in [0.15, 0.2) is 30.8 Å². The van der Waals surface area contributed by atoms with Crippen LogP contribution < -0.4 is 5.73 Å². The van der Waals surface area contributed by atoms with Gasteiger partial charge in [0.2, 0.25) is 0 Å². The Hall–Kier alpha value is -1.12. The molecule has 96 valence electrons. The molecule has 17 heavy (non-hydrogen) atoms. The van der Waals surface area contributed by atoms with E-state index in [1.807, 2.05) is 31.2 Å². The molecule has 0 saturated carbocycles. The minimum atomic E-state index is 0.679. The lowest BCUT2D eigenvalue weighted by molar-refractivity contribution is 0.134. The van der Waals surface area contributed by atoms with E-state index in [9.17, 15) is 0 Å². The van der Waals surface area contributed by atoms with Crippen LogP contribution in [0.25, 0.3) is 6.08 Å². The van der Waals surface area contributed by atoms with E-state index >= 15 is 0 Å². The highest BCUT2D eigenvalue weighted by atomic mass is 16.5. The molecule has 1 aromatic rings. The van der Waals surface area contributed by atoms with Gasteiger partial charge in [-0.15, -0.1) is 0 Å². The highest BCUT2D eigenvalue weighted by Gasteiger charge is 1.96. The Balaban J connectivity index is 0.000000437. The van der Waals surface area contributed by atoms with Crippen LogP contribution in [0.1, 0.15) is 37.8 Å². The first-order valence-electron chi connectivity index (χ1n) is 6.28. The third-order valence-electron chi connectivity index (χ3n) is 2.29. The topological polar surface area (TPSA) is 35.2 Å². The van der Waals surface area contributed by atoms with Gasteiger partial charge in [0.05, 0.1) is 6.61 Å². The summed E-state index contributed by atoms with van der Waals surface area (Å²) >= 11 is 0. The maximum atomic E-state index is 5.31. The average Bonchev–Trinajstić information content (AvgIpc) is 2.38. The van der Waals surface area contributed by atoms with E-state index in [1.54, 1.807) is 0 Å². The molecule has 0 heterocycles. The van der Waals surface area contributed by atoms with E-state index in [-0.39, 0.29) is 0 Å². The number of rotatable bonds is 6. The second-order valence-corrected chi connectivity index (χ2v) is 3.68. The van der Waals surface area contributed by atoms with Gasteiger partial charge >= 0.3 is 0 Å². The van der Waals surface area contributed by atoms with Gasteiger partial charge in [0.25, 0.3) is 0 Å². The van der Waals surface area contributed by atoms with Crippen LogP contribution in [0.2, 0.25) is 0 Å². The second kappa shape index (κ2) is 11.4. The van der Waals surface area contributed by atoms with Crippen molar-refractivity contribution in [2.24, 2.45) is 5.73 Å². The molecule has 0 amide bonds. The van der Waals surface area contributed by atoms with Gasteiger partial charge < -0.3 is 10.5 Å². The lowest BCUT2D eigenvalue weighted by Crippen LogP contribution is -1.95. The number of nitrogens with two attached hydrogens (primary N) is 1. The van der Waals surface area contributed by atoms with E-state index in [0.717, 1.165) is 18.7 Å². The predicted octanol–water partition coefficient (Wildman–Crippen LogP) is 3.61. The third kappa shape index (κ3) is 7.72. The smallest absolute Gasteiger partial charge is 0.0722 e. The highest BCUT2D eigenvalue weighted by molar-refractivity contribution is 5.51. The Morgan fingerprint density at radius 2 is 2.00 bits per heavy atom. The molecule has 0 unspecified atom stereocenters. The molecule has 0 radical (unpaired) electrons. The Kier molecular flexibility index (Phi) is 10.6. The first kappa shape index (κ1) is 15.9. The lowest BCUT2D eigenvalue weighted by atomic mass is 10.1. The van der Waals surface area contributed by atoms with E-state index in [2.05, 4.69) is 19.6 Å². The zero-order valence-corrected chi connectivity index (χ0v) is 11.1. The minimum Gasteiger partial charge on any atom is -0.377 e. The predicted molar refractivity (Wildman–Crippen MR) is 75.8 cm³/mol. The molecule has 2 nitrogen and oxygen atoms in total. The maximum Gasteiger partial charge on any atom is 0.0722 e. The maximum absolute atomic E-state index is 5.31. The Morgan fingerprint density at radius 1 is 1.29 bits per heavy atom. The van der Waals surface area contributed by atoms with Gasteiger partial charge in [-0.1, -0.05) is 50.3 Å². The van der Waals surface area contributed by atoms with Gasteiger partial charge in [-0.2, -0.15) is 0 Å². The van der Waals surface area contributed by atoms with Crippen molar-refractivity contribution >= 4 is 6.08 Å². The van der Waals surface area contributed by atoms with Crippen molar-refractivity contribution < 1.29 is 4.74 Å². The molecule has 0 spiro atoms. The molecule has 0 aliphatic rings. The molecule has 0 aromatic heterocycles. The van der Waals surface area contributed by atoms with Crippen LogP contribution in [-0.4, -0.2) is 13.2 Å². The van der Waals surface area contributed by atoms with Gasteiger partial charge in [-0.3, -0.25) is 0 Å². The SMILES string of the molecule is C=Cc1ccccc1COCC.CCCCN. The van der Waals surface area contributed by atoms with Crippen molar-refractivity contribution in [3.05, 3.63) is 42.0 Å². The molecule has 0 aliphatic heterocycles. The molecular formula is C15H25NO. The van der Waals surface area contributed by atoms with Crippen LogP contribution in [0.3, 0.4) is 0 Å².